The molecule has 0 unspecified atom stereocenters. The van der Waals surface area contributed by atoms with Gasteiger partial charge in [-0.2, -0.15) is 5.10 Å². The quantitative estimate of drug-likeness (QED) is 0.374. The second-order valence-electron chi connectivity index (χ2n) is 7.88. The standard InChI is InChI=1S/C26H27N3O3/c30-25(26(31)29-16-8-1-2-9-17-29)28-27-18-23-22-13-7-6-12-21(22)14-15-24(23)32-19-20-10-4-3-5-11-20/h3-7,10-15,18H,1-2,8-9,16-17,19H2,(H,28,30)/b27-18-. The highest BCUT2D eigenvalue weighted by molar-refractivity contribution is 6.35. The first-order chi connectivity index (χ1) is 15.7. The van der Waals surface area contributed by atoms with Crippen molar-refractivity contribution in [1.82, 2.24) is 10.3 Å². The second kappa shape index (κ2) is 10.6. The maximum atomic E-state index is 12.4. The molecular weight excluding hydrogens is 402 g/mol. The van der Waals surface area contributed by atoms with Crippen molar-refractivity contribution in [3.8, 4) is 5.75 Å². The first-order valence-electron chi connectivity index (χ1n) is 11.0. The van der Waals surface area contributed by atoms with Gasteiger partial charge in [0.15, 0.2) is 0 Å². The van der Waals surface area contributed by atoms with E-state index >= 15 is 0 Å². The lowest BCUT2D eigenvalue weighted by molar-refractivity contribution is -0.145. The van der Waals surface area contributed by atoms with E-state index in [1.54, 1.807) is 11.1 Å². The SMILES string of the molecule is O=C(N/N=C\c1c(OCc2ccccc2)ccc2ccccc12)C(=O)N1CCCCCC1. The van der Waals surface area contributed by atoms with Gasteiger partial charge < -0.3 is 9.64 Å². The van der Waals surface area contributed by atoms with Crippen LogP contribution in [0.2, 0.25) is 0 Å². The number of hydrazone groups is 1. The zero-order valence-corrected chi connectivity index (χ0v) is 18.0. The van der Waals surface area contributed by atoms with Gasteiger partial charge in [-0.15, -0.1) is 0 Å². The summed E-state index contributed by atoms with van der Waals surface area (Å²) in [6, 6.07) is 21.7. The maximum absolute atomic E-state index is 12.4. The number of nitrogens with zero attached hydrogens (tertiary/aromatic N) is 2. The van der Waals surface area contributed by atoms with Crippen molar-refractivity contribution >= 4 is 28.8 Å². The predicted molar refractivity (Wildman–Crippen MR) is 126 cm³/mol. The van der Waals surface area contributed by atoms with Crippen LogP contribution < -0.4 is 10.2 Å². The Morgan fingerprint density at radius 1 is 0.906 bits per heavy atom. The smallest absolute Gasteiger partial charge is 0.329 e. The van der Waals surface area contributed by atoms with E-state index in [2.05, 4.69) is 10.5 Å². The largest absolute Gasteiger partial charge is 0.488 e. The minimum atomic E-state index is -0.713. The number of benzene rings is 3. The van der Waals surface area contributed by atoms with E-state index in [1.807, 2.05) is 66.7 Å². The number of hydrogen-bond acceptors (Lipinski definition) is 4. The fourth-order valence-electron chi connectivity index (χ4n) is 3.89. The first kappa shape index (κ1) is 21.6. The summed E-state index contributed by atoms with van der Waals surface area (Å²) in [4.78, 5) is 26.4. The molecule has 0 atom stereocenters. The molecule has 1 aliphatic heterocycles. The number of ether oxygens (including phenoxy) is 1. The number of fused-ring (bicyclic) bond motifs is 1. The summed E-state index contributed by atoms with van der Waals surface area (Å²) in [5.41, 5.74) is 4.20. The summed E-state index contributed by atoms with van der Waals surface area (Å²) in [7, 11) is 0. The number of hydrogen-bond donors (Lipinski definition) is 1. The van der Waals surface area contributed by atoms with Gasteiger partial charge in [-0.1, -0.05) is 73.5 Å². The highest BCUT2D eigenvalue weighted by Gasteiger charge is 2.22. The summed E-state index contributed by atoms with van der Waals surface area (Å²) in [6.07, 6.45) is 5.60. The van der Waals surface area contributed by atoms with Crippen molar-refractivity contribution in [2.75, 3.05) is 13.1 Å². The molecule has 1 saturated heterocycles. The molecule has 1 aliphatic rings. The Labute approximate surface area is 187 Å². The first-order valence-corrected chi connectivity index (χ1v) is 11.0. The Bertz CT molecular complexity index is 1100. The van der Waals surface area contributed by atoms with Crippen molar-refractivity contribution in [2.45, 2.75) is 32.3 Å². The van der Waals surface area contributed by atoms with E-state index in [4.69, 9.17) is 4.74 Å². The highest BCUT2D eigenvalue weighted by atomic mass is 16.5. The molecule has 32 heavy (non-hydrogen) atoms. The molecular formula is C26H27N3O3. The molecule has 0 saturated carbocycles. The Hall–Kier alpha value is -3.67. The lowest BCUT2D eigenvalue weighted by Crippen LogP contribution is -2.41. The van der Waals surface area contributed by atoms with Crippen LogP contribution in [0.3, 0.4) is 0 Å². The molecule has 4 rings (SSSR count). The molecule has 6 nitrogen and oxygen atoms in total. The predicted octanol–water partition coefficient (Wildman–Crippen LogP) is 4.27. The summed E-state index contributed by atoms with van der Waals surface area (Å²) in [5.74, 6) is -0.581. The van der Waals surface area contributed by atoms with Crippen molar-refractivity contribution in [3.05, 3.63) is 77.9 Å². The minimum Gasteiger partial charge on any atom is -0.488 e. The molecule has 3 aromatic carbocycles. The summed E-state index contributed by atoms with van der Waals surface area (Å²) < 4.78 is 6.07. The van der Waals surface area contributed by atoms with E-state index in [0.717, 1.165) is 47.6 Å². The zero-order valence-electron chi connectivity index (χ0n) is 18.0. The van der Waals surface area contributed by atoms with Gasteiger partial charge in [0.25, 0.3) is 0 Å². The summed E-state index contributed by atoms with van der Waals surface area (Å²) in [5, 5.41) is 6.08. The number of amides is 2. The minimum absolute atomic E-state index is 0.416. The molecule has 0 radical (unpaired) electrons. The Morgan fingerprint density at radius 2 is 1.62 bits per heavy atom. The summed E-state index contributed by atoms with van der Waals surface area (Å²) >= 11 is 0. The third kappa shape index (κ3) is 5.32. The van der Waals surface area contributed by atoms with Gasteiger partial charge in [-0.3, -0.25) is 9.59 Å². The van der Waals surface area contributed by atoms with Gasteiger partial charge >= 0.3 is 11.8 Å². The average Bonchev–Trinajstić information content (AvgIpc) is 3.13. The third-order valence-electron chi connectivity index (χ3n) is 5.62. The van der Waals surface area contributed by atoms with Crippen molar-refractivity contribution in [3.63, 3.8) is 0 Å². The molecule has 0 aromatic heterocycles. The Balaban J connectivity index is 1.50. The van der Waals surface area contributed by atoms with E-state index in [1.165, 1.54) is 0 Å². The second-order valence-corrected chi connectivity index (χ2v) is 7.88. The monoisotopic (exact) mass is 429 g/mol. The van der Waals surface area contributed by atoms with Crippen LogP contribution in [-0.4, -0.2) is 36.0 Å². The maximum Gasteiger partial charge on any atom is 0.329 e. The van der Waals surface area contributed by atoms with E-state index in [0.29, 0.717) is 25.4 Å². The molecule has 0 bridgehead atoms. The fourth-order valence-corrected chi connectivity index (χ4v) is 3.89. The lowest BCUT2D eigenvalue weighted by atomic mass is 10.0. The molecule has 6 heteroatoms. The van der Waals surface area contributed by atoms with Gasteiger partial charge in [0.1, 0.15) is 12.4 Å². The van der Waals surface area contributed by atoms with E-state index < -0.39 is 11.8 Å². The van der Waals surface area contributed by atoms with Gasteiger partial charge in [-0.05, 0) is 35.2 Å². The number of carbonyl (C=O) groups excluding carboxylic acids is 2. The number of likely N-dealkylation sites (tertiary alicyclic amines) is 1. The van der Waals surface area contributed by atoms with Crippen LogP contribution in [0.1, 0.15) is 36.8 Å². The molecule has 3 aromatic rings. The van der Waals surface area contributed by atoms with Crippen LogP contribution in [0.5, 0.6) is 5.75 Å². The topological polar surface area (TPSA) is 71.0 Å². The van der Waals surface area contributed by atoms with Crippen LogP contribution in [-0.2, 0) is 16.2 Å². The Morgan fingerprint density at radius 3 is 2.41 bits per heavy atom. The van der Waals surface area contributed by atoms with Gasteiger partial charge in [0.2, 0.25) is 0 Å². The zero-order chi connectivity index (χ0) is 22.2. The fraction of sp³-hybridized carbons (Fsp3) is 0.269. The van der Waals surface area contributed by atoms with Crippen molar-refractivity contribution in [2.24, 2.45) is 5.10 Å². The Kier molecular flexibility index (Phi) is 7.12. The van der Waals surface area contributed by atoms with Crippen LogP contribution in [0.4, 0.5) is 0 Å². The highest BCUT2D eigenvalue weighted by Crippen LogP contribution is 2.27. The van der Waals surface area contributed by atoms with Gasteiger partial charge in [0.05, 0.1) is 6.21 Å². The molecule has 1 fully saturated rings. The lowest BCUT2D eigenvalue weighted by Gasteiger charge is -2.18. The van der Waals surface area contributed by atoms with Crippen LogP contribution in [0.15, 0.2) is 71.8 Å². The number of carbonyl (C=O) groups is 2. The van der Waals surface area contributed by atoms with E-state index in [-0.39, 0.29) is 0 Å². The molecule has 1 N–H and O–H groups in total. The van der Waals surface area contributed by atoms with Crippen molar-refractivity contribution < 1.29 is 14.3 Å². The molecule has 1 heterocycles. The van der Waals surface area contributed by atoms with Crippen LogP contribution >= 0.6 is 0 Å². The molecule has 0 spiro atoms. The van der Waals surface area contributed by atoms with Gasteiger partial charge in [-0.25, -0.2) is 5.43 Å². The molecule has 0 aliphatic carbocycles. The molecule has 164 valence electrons. The van der Waals surface area contributed by atoms with Gasteiger partial charge in [0, 0.05) is 18.7 Å². The average molecular weight is 430 g/mol. The van der Waals surface area contributed by atoms with Crippen LogP contribution in [0.25, 0.3) is 10.8 Å². The number of nitrogens with one attached hydrogen (secondary N) is 1. The third-order valence-corrected chi connectivity index (χ3v) is 5.62. The van der Waals surface area contributed by atoms with Crippen molar-refractivity contribution in [1.29, 1.82) is 0 Å². The normalized spacial score (nSPS) is 14.3. The van der Waals surface area contributed by atoms with Crippen LogP contribution in [0, 0.1) is 0 Å². The van der Waals surface area contributed by atoms with E-state index in [9.17, 15) is 9.59 Å². The summed E-state index contributed by atoms with van der Waals surface area (Å²) in [6.45, 7) is 1.66. The molecule has 2 amide bonds. The number of rotatable bonds is 5.